The van der Waals surface area contributed by atoms with E-state index in [4.69, 9.17) is 14.7 Å². The minimum absolute atomic E-state index is 0.298. The summed E-state index contributed by atoms with van der Waals surface area (Å²) in [7, 11) is -1.89. The maximum atomic E-state index is 11.6. The number of sulfonamides is 1. The second-order valence-electron chi connectivity index (χ2n) is 3.78. The van der Waals surface area contributed by atoms with Crippen molar-refractivity contribution in [2.45, 2.75) is 31.4 Å². The smallest absolute Gasteiger partial charge is 0.227 e. The van der Waals surface area contributed by atoms with Gasteiger partial charge in [0.25, 0.3) is 0 Å². The van der Waals surface area contributed by atoms with Crippen molar-refractivity contribution in [1.82, 2.24) is 4.72 Å². The summed E-state index contributed by atoms with van der Waals surface area (Å²) in [5, 5.41) is 7.72. The van der Waals surface area contributed by atoms with Gasteiger partial charge in [0.15, 0.2) is 5.25 Å². The molecule has 0 aliphatic rings. The first-order chi connectivity index (χ1) is 8.58. The van der Waals surface area contributed by atoms with Gasteiger partial charge in [0, 0.05) is 20.3 Å². The first-order valence-corrected chi connectivity index (χ1v) is 7.57. The lowest BCUT2D eigenvalue weighted by molar-refractivity contribution is 0.0689. The minimum Gasteiger partial charge on any atom is -0.382 e. The van der Waals surface area contributed by atoms with Crippen molar-refractivity contribution < 1.29 is 17.9 Å². The Bertz CT molecular complexity index is 337. The van der Waals surface area contributed by atoms with Crippen LogP contribution in [0.5, 0.6) is 0 Å². The van der Waals surface area contributed by atoms with Crippen molar-refractivity contribution in [3.8, 4) is 6.07 Å². The van der Waals surface area contributed by atoms with Crippen LogP contribution in [0.15, 0.2) is 0 Å². The molecule has 0 radical (unpaired) electrons. The van der Waals surface area contributed by atoms with Crippen molar-refractivity contribution in [3.63, 3.8) is 0 Å². The van der Waals surface area contributed by atoms with Crippen LogP contribution in [0.25, 0.3) is 0 Å². The van der Waals surface area contributed by atoms with Crippen LogP contribution < -0.4 is 4.72 Å². The summed E-state index contributed by atoms with van der Waals surface area (Å²) >= 11 is 0. The number of nitrogens with one attached hydrogen (secondary N) is 1. The van der Waals surface area contributed by atoms with Crippen molar-refractivity contribution >= 4 is 10.0 Å². The summed E-state index contributed by atoms with van der Waals surface area (Å²) in [4.78, 5) is 0. The van der Waals surface area contributed by atoms with E-state index in [1.54, 1.807) is 20.1 Å². The molecule has 0 amide bonds. The molecule has 0 aliphatic heterocycles. The molecule has 7 heteroatoms. The lowest BCUT2D eigenvalue weighted by atomic mass is 10.3. The number of rotatable bonds is 11. The molecule has 0 fully saturated rings. The quantitative estimate of drug-likeness (QED) is 0.561. The first kappa shape index (κ1) is 17.3. The van der Waals surface area contributed by atoms with E-state index in [0.29, 0.717) is 39.2 Å². The van der Waals surface area contributed by atoms with Crippen molar-refractivity contribution in [2.24, 2.45) is 0 Å². The molecule has 1 atom stereocenters. The largest absolute Gasteiger partial charge is 0.382 e. The van der Waals surface area contributed by atoms with Crippen LogP contribution in [0.4, 0.5) is 0 Å². The van der Waals surface area contributed by atoms with Gasteiger partial charge in [-0.25, -0.2) is 13.1 Å². The molecular formula is C11H22N2O4S. The van der Waals surface area contributed by atoms with Gasteiger partial charge in [-0.3, -0.25) is 0 Å². The van der Waals surface area contributed by atoms with Crippen LogP contribution in [-0.2, 0) is 19.5 Å². The van der Waals surface area contributed by atoms with E-state index in [1.807, 2.05) is 0 Å². The molecule has 0 saturated carbocycles. The Morgan fingerprint density at radius 1 is 1.28 bits per heavy atom. The molecule has 6 nitrogen and oxygen atoms in total. The van der Waals surface area contributed by atoms with Crippen LogP contribution in [0.1, 0.15) is 26.2 Å². The summed E-state index contributed by atoms with van der Waals surface area (Å²) in [5.41, 5.74) is 0. The molecule has 1 N–H and O–H groups in total. The lowest BCUT2D eigenvalue weighted by Gasteiger charge is -2.09. The summed E-state index contributed by atoms with van der Waals surface area (Å²) in [6.07, 6.45) is 1.76. The molecule has 0 saturated heterocycles. The van der Waals surface area contributed by atoms with Crippen LogP contribution >= 0.6 is 0 Å². The Balaban J connectivity index is 3.63. The Morgan fingerprint density at radius 3 is 2.56 bits per heavy atom. The third kappa shape index (κ3) is 7.61. The molecule has 106 valence electrons. The van der Waals surface area contributed by atoms with Gasteiger partial charge < -0.3 is 9.47 Å². The monoisotopic (exact) mass is 278 g/mol. The van der Waals surface area contributed by atoms with Crippen LogP contribution in [0.2, 0.25) is 0 Å². The highest BCUT2D eigenvalue weighted by atomic mass is 32.2. The molecule has 0 aromatic rings. The van der Waals surface area contributed by atoms with Crippen LogP contribution in [0, 0.1) is 11.3 Å². The Kier molecular flexibility index (Phi) is 9.87. The second-order valence-corrected chi connectivity index (χ2v) is 5.73. The summed E-state index contributed by atoms with van der Waals surface area (Å²) < 4.78 is 35.7. The Hall–Kier alpha value is -0.680. The lowest BCUT2D eigenvalue weighted by Crippen LogP contribution is -2.33. The molecule has 0 heterocycles. The predicted octanol–water partition coefficient (Wildman–Crippen LogP) is 0.651. The number of ether oxygens (including phenoxy) is 2. The predicted molar refractivity (Wildman–Crippen MR) is 68.5 cm³/mol. The average molecular weight is 278 g/mol. The van der Waals surface area contributed by atoms with Gasteiger partial charge in [0.2, 0.25) is 10.0 Å². The van der Waals surface area contributed by atoms with Crippen molar-refractivity contribution in [1.29, 1.82) is 5.26 Å². The zero-order valence-corrected chi connectivity index (χ0v) is 11.8. The molecule has 18 heavy (non-hydrogen) atoms. The van der Waals surface area contributed by atoms with E-state index < -0.39 is 15.3 Å². The molecule has 0 rings (SSSR count). The van der Waals surface area contributed by atoms with Gasteiger partial charge >= 0.3 is 0 Å². The van der Waals surface area contributed by atoms with E-state index >= 15 is 0 Å². The number of unbranched alkanes of at least 4 members (excludes halogenated alkanes) is 1. The van der Waals surface area contributed by atoms with Crippen molar-refractivity contribution in [3.05, 3.63) is 0 Å². The number of hydrogen-bond donors (Lipinski definition) is 1. The van der Waals surface area contributed by atoms with Crippen LogP contribution in [0.3, 0.4) is 0 Å². The zero-order chi connectivity index (χ0) is 13.9. The van der Waals surface area contributed by atoms with Gasteiger partial charge in [-0.05, 0) is 19.3 Å². The number of nitrogens with zero attached hydrogens (tertiary/aromatic N) is 1. The fourth-order valence-electron chi connectivity index (χ4n) is 1.27. The molecule has 0 aromatic carbocycles. The average Bonchev–Trinajstić information content (AvgIpc) is 2.33. The maximum Gasteiger partial charge on any atom is 0.227 e. The molecule has 0 aliphatic carbocycles. The van der Waals surface area contributed by atoms with Gasteiger partial charge in [-0.1, -0.05) is 6.92 Å². The number of nitriles is 1. The highest BCUT2D eigenvalue weighted by Crippen LogP contribution is 2.02. The topological polar surface area (TPSA) is 88.4 Å². The summed E-state index contributed by atoms with van der Waals surface area (Å²) in [6, 6.07) is 1.78. The molecule has 1 unspecified atom stereocenters. The van der Waals surface area contributed by atoms with Gasteiger partial charge in [-0.2, -0.15) is 5.26 Å². The normalized spacial score (nSPS) is 13.2. The number of hydrogen-bond acceptors (Lipinski definition) is 5. The van der Waals surface area contributed by atoms with E-state index in [2.05, 4.69) is 4.72 Å². The molecule has 0 bridgehead atoms. The third-order valence-corrected chi connectivity index (χ3v) is 4.13. The third-order valence-electron chi connectivity index (χ3n) is 2.34. The van der Waals surface area contributed by atoms with Gasteiger partial charge in [0.1, 0.15) is 0 Å². The number of methoxy groups -OCH3 is 1. The SMILES string of the molecule is CCC(C#N)S(=O)(=O)NCCCCOCCOC. The first-order valence-electron chi connectivity index (χ1n) is 6.03. The minimum atomic E-state index is -3.50. The molecular weight excluding hydrogens is 256 g/mol. The maximum absolute atomic E-state index is 11.6. The van der Waals surface area contributed by atoms with Crippen LogP contribution in [-0.4, -0.2) is 47.1 Å². The van der Waals surface area contributed by atoms with E-state index in [1.165, 1.54) is 0 Å². The fourth-order valence-corrected chi connectivity index (χ4v) is 2.48. The van der Waals surface area contributed by atoms with Gasteiger partial charge in [0.05, 0.1) is 19.3 Å². The zero-order valence-electron chi connectivity index (χ0n) is 11.0. The van der Waals surface area contributed by atoms with E-state index in [-0.39, 0.29) is 0 Å². The fraction of sp³-hybridized carbons (Fsp3) is 0.909. The highest BCUT2D eigenvalue weighted by Gasteiger charge is 2.22. The molecule has 0 spiro atoms. The van der Waals surface area contributed by atoms with Crippen molar-refractivity contribution in [2.75, 3.05) is 33.5 Å². The highest BCUT2D eigenvalue weighted by molar-refractivity contribution is 7.90. The van der Waals surface area contributed by atoms with Gasteiger partial charge in [-0.15, -0.1) is 0 Å². The second kappa shape index (κ2) is 10.3. The summed E-state index contributed by atoms with van der Waals surface area (Å²) in [5.74, 6) is 0. The standard InChI is InChI=1S/C11H22N2O4S/c1-3-11(10-12)18(14,15)13-6-4-5-7-17-9-8-16-2/h11,13H,3-9H2,1-2H3. The van der Waals surface area contributed by atoms with E-state index in [0.717, 1.165) is 6.42 Å². The van der Waals surface area contributed by atoms with E-state index in [9.17, 15) is 8.42 Å². The Labute approximate surface area is 109 Å². The Morgan fingerprint density at radius 2 is 2.00 bits per heavy atom. The summed E-state index contributed by atoms with van der Waals surface area (Å²) in [6.45, 7) is 3.72. The molecule has 0 aromatic heterocycles.